The number of sulfonamides is 1. The van der Waals surface area contributed by atoms with Gasteiger partial charge in [0.25, 0.3) is 0 Å². The SMILES string of the molecule is CC(C)(C)C[C@H]1N[C@@H](C(=O)N[C@H]2C[C@@H](NS(C)(=O)=O)C2)[C@H](c2cccc(Cl)c2F)[C@@]12C(=O)Nc1cc(Cl)c(F)cc12. The van der Waals surface area contributed by atoms with E-state index >= 15 is 4.39 Å². The van der Waals surface area contributed by atoms with Gasteiger partial charge in [-0.25, -0.2) is 21.9 Å². The first-order valence-electron chi connectivity index (χ1n) is 13.3. The lowest BCUT2D eigenvalue weighted by Gasteiger charge is -2.38. The summed E-state index contributed by atoms with van der Waals surface area (Å²) in [6, 6.07) is 4.48. The summed E-state index contributed by atoms with van der Waals surface area (Å²) in [5, 5.41) is 8.73. The van der Waals surface area contributed by atoms with Crippen molar-refractivity contribution in [3.63, 3.8) is 0 Å². The molecule has 2 fully saturated rings. The lowest BCUT2D eigenvalue weighted by Crippen LogP contribution is -2.57. The quantitative estimate of drug-likeness (QED) is 0.382. The maximum absolute atomic E-state index is 15.8. The van der Waals surface area contributed by atoms with E-state index in [1.807, 2.05) is 20.8 Å². The van der Waals surface area contributed by atoms with Gasteiger partial charge in [0.1, 0.15) is 17.0 Å². The summed E-state index contributed by atoms with van der Waals surface area (Å²) in [7, 11) is -3.40. The van der Waals surface area contributed by atoms with Crippen LogP contribution in [0.5, 0.6) is 0 Å². The molecule has 13 heteroatoms. The second-order valence-corrected chi connectivity index (χ2v) is 15.1. The van der Waals surface area contributed by atoms with E-state index in [0.717, 1.165) is 6.26 Å². The summed E-state index contributed by atoms with van der Waals surface area (Å²) in [6.07, 6.45) is 2.22. The second kappa shape index (κ2) is 10.4. The normalized spacial score (nSPS) is 29.3. The Morgan fingerprint density at radius 2 is 1.80 bits per heavy atom. The number of fused-ring (bicyclic) bond motifs is 2. The molecule has 222 valence electrons. The molecular weight excluding hydrogens is 597 g/mol. The standard InChI is InChI=1S/C28H32Cl2F2N4O4S/c1-27(2,3)12-21-28(16-10-19(31)18(30)11-20(16)34-26(28)38)22(15-6-5-7-17(29)23(15)32)24(35-21)25(37)33-13-8-14(9-13)36-41(4,39)40/h5-7,10-11,13-14,21-22,24,35-36H,8-9,12H2,1-4H3,(H,33,37)(H,34,38)/t13-,14+,21-,22+,24-,28+/m1/s1. The maximum Gasteiger partial charge on any atom is 0.238 e. The van der Waals surface area contributed by atoms with Crippen LogP contribution >= 0.6 is 23.2 Å². The Balaban J connectivity index is 1.62. The smallest absolute Gasteiger partial charge is 0.238 e. The maximum atomic E-state index is 15.8. The third-order valence-electron chi connectivity index (χ3n) is 8.17. The molecule has 41 heavy (non-hydrogen) atoms. The molecule has 2 aromatic carbocycles. The van der Waals surface area contributed by atoms with Gasteiger partial charge in [0.15, 0.2) is 0 Å². The van der Waals surface area contributed by atoms with Gasteiger partial charge in [-0.05, 0) is 54.0 Å². The summed E-state index contributed by atoms with van der Waals surface area (Å²) >= 11 is 12.3. The number of carbonyl (C=O) groups excluding carboxylic acids is 2. The molecule has 4 atom stereocenters. The van der Waals surface area contributed by atoms with E-state index in [-0.39, 0.29) is 38.7 Å². The number of carbonyl (C=O) groups is 2. The van der Waals surface area contributed by atoms with Gasteiger partial charge in [-0.3, -0.25) is 9.59 Å². The monoisotopic (exact) mass is 628 g/mol. The molecule has 1 saturated carbocycles. The van der Waals surface area contributed by atoms with Crippen molar-refractivity contribution in [2.45, 2.75) is 75.5 Å². The van der Waals surface area contributed by atoms with Crippen LogP contribution in [0, 0.1) is 17.0 Å². The number of halogens is 4. The molecule has 2 amide bonds. The highest BCUT2D eigenvalue weighted by Crippen LogP contribution is 2.57. The predicted molar refractivity (Wildman–Crippen MR) is 154 cm³/mol. The average molecular weight is 630 g/mol. The van der Waals surface area contributed by atoms with E-state index in [4.69, 9.17) is 23.2 Å². The Hall–Kier alpha value is -2.31. The van der Waals surface area contributed by atoms with Gasteiger partial charge in [0.2, 0.25) is 21.8 Å². The van der Waals surface area contributed by atoms with E-state index in [1.165, 1.54) is 24.3 Å². The van der Waals surface area contributed by atoms with Crippen molar-refractivity contribution < 1.29 is 26.8 Å². The number of nitrogens with one attached hydrogen (secondary N) is 4. The molecule has 2 aliphatic heterocycles. The topological polar surface area (TPSA) is 116 Å². The number of benzene rings is 2. The zero-order valence-corrected chi connectivity index (χ0v) is 25.3. The highest BCUT2D eigenvalue weighted by Gasteiger charge is 2.66. The van der Waals surface area contributed by atoms with Crippen molar-refractivity contribution in [3.8, 4) is 0 Å². The summed E-state index contributed by atoms with van der Waals surface area (Å²) in [5.41, 5.74) is -1.30. The molecule has 0 bridgehead atoms. The Kier molecular flexibility index (Phi) is 7.68. The van der Waals surface area contributed by atoms with Gasteiger partial charge in [-0.15, -0.1) is 0 Å². The molecule has 1 saturated heterocycles. The average Bonchev–Trinajstić information content (AvgIpc) is 3.28. The fraction of sp³-hybridized carbons (Fsp3) is 0.500. The number of anilines is 1. The largest absolute Gasteiger partial charge is 0.352 e. The molecule has 0 aromatic heterocycles. The molecule has 0 unspecified atom stereocenters. The van der Waals surface area contributed by atoms with Crippen LogP contribution in [0.4, 0.5) is 14.5 Å². The number of rotatable bonds is 6. The Morgan fingerprint density at radius 1 is 1.12 bits per heavy atom. The van der Waals surface area contributed by atoms with E-state index in [0.29, 0.717) is 24.9 Å². The molecule has 1 spiro atoms. The fourth-order valence-corrected chi connectivity index (χ4v) is 7.73. The molecule has 1 aliphatic carbocycles. The van der Waals surface area contributed by atoms with Gasteiger partial charge in [-0.1, -0.05) is 56.1 Å². The van der Waals surface area contributed by atoms with E-state index in [2.05, 4.69) is 20.7 Å². The van der Waals surface area contributed by atoms with Crippen molar-refractivity contribution >= 4 is 50.7 Å². The minimum Gasteiger partial charge on any atom is -0.352 e. The van der Waals surface area contributed by atoms with Crippen molar-refractivity contribution in [3.05, 3.63) is 63.1 Å². The van der Waals surface area contributed by atoms with Crippen molar-refractivity contribution in [2.24, 2.45) is 5.41 Å². The second-order valence-electron chi connectivity index (χ2n) is 12.5. The summed E-state index contributed by atoms with van der Waals surface area (Å²) in [4.78, 5) is 28.0. The van der Waals surface area contributed by atoms with Crippen LogP contribution in [0.1, 0.15) is 57.1 Å². The highest BCUT2D eigenvalue weighted by atomic mass is 35.5. The third kappa shape index (κ3) is 5.47. The molecule has 2 heterocycles. The van der Waals surface area contributed by atoms with Crippen molar-refractivity contribution in [2.75, 3.05) is 11.6 Å². The van der Waals surface area contributed by atoms with Crippen LogP contribution in [-0.2, 0) is 25.0 Å². The molecule has 2 aromatic rings. The summed E-state index contributed by atoms with van der Waals surface area (Å²) in [5.74, 6) is -3.61. The first kappa shape index (κ1) is 30.2. The van der Waals surface area contributed by atoms with E-state index < -0.39 is 56.9 Å². The Labute approximate surface area is 248 Å². The van der Waals surface area contributed by atoms with Crippen LogP contribution in [0.15, 0.2) is 30.3 Å². The molecular formula is C28H32Cl2F2N4O4S. The number of hydrogen-bond acceptors (Lipinski definition) is 5. The minimum atomic E-state index is -3.40. The lowest BCUT2D eigenvalue weighted by molar-refractivity contribution is -0.125. The highest BCUT2D eigenvalue weighted by molar-refractivity contribution is 7.88. The molecule has 8 nitrogen and oxygen atoms in total. The van der Waals surface area contributed by atoms with Crippen molar-refractivity contribution in [1.29, 1.82) is 0 Å². The van der Waals surface area contributed by atoms with Gasteiger partial charge in [-0.2, -0.15) is 0 Å². The lowest BCUT2D eigenvalue weighted by atomic mass is 9.62. The molecule has 4 N–H and O–H groups in total. The number of hydrogen-bond donors (Lipinski definition) is 4. The van der Waals surface area contributed by atoms with Gasteiger partial charge >= 0.3 is 0 Å². The summed E-state index contributed by atoms with van der Waals surface area (Å²) < 4.78 is 56.5. The third-order valence-corrected chi connectivity index (χ3v) is 9.51. The molecule has 3 aliphatic rings. The molecule has 5 rings (SSSR count). The first-order chi connectivity index (χ1) is 19.0. The van der Waals surface area contributed by atoms with E-state index in [9.17, 15) is 22.4 Å². The van der Waals surface area contributed by atoms with Crippen LogP contribution in [-0.4, -0.2) is 50.7 Å². The molecule has 0 radical (unpaired) electrons. The summed E-state index contributed by atoms with van der Waals surface area (Å²) in [6.45, 7) is 5.93. The fourth-order valence-electron chi connectivity index (χ4n) is 6.59. The predicted octanol–water partition coefficient (Wildman–Crippen LogP) is 4.22. The van der Waals surface area contributed by atoms with Gasteiger partial charge in [0, 0.05) is 29.7 Å². The Bertz CT molecular complexity index is 1530. The Morgan fingerprint density at radius 3 is 2.44 bits per heavy atom. The zero-order chi connectivity index (χ0) is 30.1. The van der Waals surface area contributed by atoms with Crippen LogP contribution in [0.2, 0.25) is 10.0 Å². The minimum absolute atomic E-state index is 0.0464. The number of amides is 2. The van der Waals surface area contributed by atoms with Crippen LogP contribution in [0.25, 0.3) is 0 Å². The van der Waals surface area contributed by atoms with Gasteiger partial charge in [0.05, 0.1) is 22.3 Å². The van der Waals surface area contributed by atoms with Crippen molar-refractivity contribution in [1.82, 2.24) is 15.4 Å². The van der Waals surface area contributed by atoms with Crippen LogP contribution in [0.3, 0.4) is 0 Å². The van der Waals surface area contributed by atoms with Crippen LogP contribution < -0.4 is 20.7 Å². The van der Waals surface area contributed by atoms with Gasteiger partial charge < -0.3 is 16.0 Å². The van der Waals surface area contributed by atoms with E-state index in [1.54, 1.807) is 6.07 Å². The first-order valence-corrected chi connectivity index (χ1v) is 15.9. The zero-order valence-electron chi connectivity index (χ0n) is 22.9.